The zero-order valence-corrected chi connectivity index (χ0v) is 15.8. The lowest BCUT2D eigenvalue weighted by molar-refractivity contribution is 0.102. The van der Waals surface area contributed by atoms with Crippen molar-refractivity contribution in [2.24, 2.45) is 7.05 Å². The van der Waals surface area contributed by atoms with E-state index in [1.54, 1.807) is 30.3 Å². The second-order valence-corrected chi connectivity index (χ2v) is 6.93. The molecular formula is C16H19ClN6O2S. The van der Waals surface area contributed by atoms with Crippen LogP contribution >= 0.6 is 23.7 Å². The maximum absolute atomic E-state index is 12.5. The lowest BCUT2D eigenvalue weighted by atomic mass is 9.98. The molecule has 0 radical (unpaired) electrons. The first-order chi connectivity index (χ1) is 12.2. The summed E-state index contributed by atoms with van der Waals surface area (Å²) in [5, 5.41) is 11.3. The quantitative estimate of drug-likeness (QED) is 0.706. The molecule has 10 heteroatoms. The molecule has 8 nitrogen and oxygen atoms in total. The first-order valence-electron chi connectivity index (χ1n) is 8.13. The third kappa shape index (κ3) is 3.79. The molecule has 0 spiro atoms. The number of anilines is 1. The largest absolute Gasteiger partial charge is 0.462 e. The van der Waals surface area contributed by atoms with Crippen molar-refractivity contribution in [3.63, 3.8) is 0 Å². The Hall–Kier alpha value is -2.23. The Morgan fingerprint density at radius 2 is 2.23 bits per heavy atom. The lowest BCUT2D eigenvalue weighted by Crippen LogP contribution is -2.27. The number of amides is 1. The van der Waals surface area contributed by atoms with Crippen molar-refractivity contribution in [3.8, 4) is 10.8 Å². The molecule has 0 unspecified atom stereocenters. The second kappa shape index (κ2) is 7.98. The number of aryl methyl sites for hydroxylation is 1. The molecule has 1 amide bonds. The van der Waals surface area contributed by atoms with Crippen molar-refractivity contribution < 1.29 is 9.21 Å². The number of furan rings is 1. The number of halogens is 1. The van der Waals surface area contributed by atoms with Gasteiger partial charge in [-0.3, -0.25) is 10.1 Å². The average molecular weight is 395 g/mol. The highest BCUT2D eigenvalue weighted by atomic mass is 35.5. The third-order valence-corrected chi connectivity index (χ3v) is 5.18. The van der Waals surface area contributed by atoms with Crippen molar-refractivity contribution in [1.29, 1.82) is 0 Å². The molecule has 138 valence electrons. The lowest BCUT2D eigenvalue weighted by Gasteiger charge is -2.19. The van der Waals surface area contributed by atoms with Crippen LogP contribution in [-0.4, -0.2) is 38.7 Å². The van der Waals surface area contributed by atoms with Crippen LogP contribution in [0.5, 0.6) is 0 Å². The highest BCUT2D eigenvalue weighted by molar-refractivity contribution is 7.16. The Kier molecular flexibility index (Phi) is 5.70. The number of hydrogen-bond donors (Lipinski definition) is 2. The van der Waals surface area contributed by atoms with Crippen molar-refractivity contribution in [1.82, 2.24) is 25.1 Å². The van der Waals surface area contributed by atoms with E-state index in [0.717, 1.165) is 31.8 Å². The maximum atomic E-state index is 12.5. The normalized spacial score (nSPS) is 14.8. The molecule has 4 rings (SSSR count). The monoisotopic (exact) mass is 394 g/mol. The van der Waals surface area contributed by atoms with Crippen LogP contribution in [0.15, 0.2) is 29.0 Å². The summed E-state index contributed by atoms with van der Waals surface area (Å²) in [5.74, 6) is 1.98. The minimum absolute atomic E-state index is 0. The molecule has 0 bridgehead atoms. The molecule has 2 N–H and O–H groups in total. The Morgan fingerprint density at radius 1 is 1.42 bits per heavy atom. The van der Waals surface area contributed by atoms with E-state index in [9.17, 15) is 4.79 Å². The van der Waals surface area contributed by atoms with Crippen molar-refractivity contribution in [3.05, 3.63) is 35.3 Å². The summed E-state index contributed by atoms with van der Waals surface area (Å²) in [4.78, 5) is 21.7. The summed E-state index contributed by atoms with van der Waals surface area (Å²) in [6.45, 7) is 1.95. The van der Waals surface area contributed by atoms with Gasteiger partial charge in [-0.15, -0.1) is 23.7 Å². The molecule has 1 aliphatic heterocycles. The number of rotatable bonds is 4. The van der Waals surface area contributed by atoms with Gasteiger partial charge in [-0.25, -0.2) is 9.67 Å². The van der Waals surface area contributed by atoms with Crippen LogP contribution in [-0.2, 0) is 7.05 Å². The van der Waals surface area contributed by atoms with Gasteiger partial charge in [0.1, 0.15) is 4.88 Å². The van der Waals surface area contributed by atoms with E-state index >= 15 is 0 Å². The van der Waals surface area contributed by atoms with Crippen LogP contribution in [0, 0.1) is 0 Å². The standard InChI is InChI=1S/C16H18N6O2S.ClH/c1-22-16(19-13(21-22)10-4-6-17-7-5-10)20-14(23)12-9-18-15(25-12)11-3-2-8-24-11;/h2-3,8-10,17H,4-7H2,1H3,(H,19,20,21,23);1H. The highest BCUT2D eigenvalue weighted by Crippen LogP contribution is 2.26. The zero-order valence-electron chi connectivity index (χ0n) is 14.1. The van der Waals surface area contributed by atoms with Gasteiger partial charge in [0.2, 0.25) is 5.95 Å². The van der Waals surface area contributed by atoms with Gasteiger partial charge in [-0.05, 0) is 38.1 Å². The number of carbonyl (C=O) groups is 1. The molecule has 0 aromatic carbocycles. The minimum atomic E-state index is -0.248. The number of aromatic nitrogens is 4. The van der Waals surface area contributed by atoms with Crippen LogP contribution in [0.1, 0.15) is 34.3 Å². The smallest absolute Gasteiger partial charge is 0.269 e. The van der Waals surface area contributed by atoms with E-state index in [-0.39, 0.29) is 18.3 Å². The molecular weight excluding hydrogens is 376 g/mol. The first kappa shape index (κ1) is 18.6. The molecule has 0 saturated carbocycles. The molecule has 0 aliphatic carbocycles. The van der Waals surface area contributed by atoms with Crippen LogP contribution in [0.4, 0.5) is 5.95 Å². The van der Waals surface area contributed by atoms with Crippen LogP contribution in [0.2, 0.25) is 0 Å². The van der Waals surface area contributed by atoms with Crippen molar-refractivity contribution in [2.45, 2.75) is 18.8 Å². The predicted octanol–water partition coefficient (Wildman–Crippen LogP) is 2.67. The second-order valence-electron chi connectivity index (χ2n) is 5.90. The van der Waals surface area contributed by atoms with Crippen LogP contribution in [0.3, 0.4) is 0 Å². The summed E-state index contributed by atoms with van der Waals surface area (Å²) in [6, 6.07) is 3.60. The molecule has 1 saturated heterocycles. The number of carbonyl (C=O) groups excluding carboxylic acids is 1. The number of hydrogen-bond acceptors (Lipinski definition) is 7. The molecule has 4 heterocycles. The molecule has 1 aliphatic rings. The van der Waals surface area contributed by atoms with Crippen molar-refractivity contribution in [2.75, 3.05) is 18.4 Å². The summed E-state index contributed by atoms with van der Waals surface area (Å²) in [6.07, 6.45) is 5.15. The van der Waals surface area contributed by atoms with Crippen LogP contribution in [0.25, 0.3) is 10.8 Å². The number of thiazole rings is 1. The summed E-state index contributed by atoms with van der Waals surface area (Å²) < 4.78 is 6.92. The fourth-order valence-corrected chi connectivity index (χ4v) is 3.60. The average Bonchev–Trinajstić information content (AvgIpc) is 3.36. The van der Waals surface area contributed by atoms with Gasteiger partial charge in [0, 0.05) is 13.0 Å². The van der Waals surface area contributed by atoms with Gasteiger partial charge < -0.3 is 9.73 Å². The molecule has 3 aromatic heterocycles. The minimum Gasteiger partial charge on any atom is -0.462 e. The Morgan fingerprint density at radius 3 is 2.96 bits per heavy atom. The van der Waals surface area contributed by atoms with E-state index in [0.29, 0.717) is 27.5 Å². The Labute approximate surface area is 160 Å². The Balaban J connectivity index is 0.00000196. The highest BCUT2D eigenvalue weighted by Gasteiger charge is 2.22. The summed E-state index contributed by atoms with van der Waals surface area (Å²) in [7, 11) is 1.79. The van der Waals surface area contributed by atoms with E-state index in [1.165, 1.54) is 11.3 Å². The van der Waals surface area contributed by atoms with Gasteiger partial charge in [-0.2, -0.15) is 10.1 Å². The van der Waals surface area contributed by atoms with E-state index in [1.807, 2.05) is 6.07 Å². The maximum Gasteiger partial charge on any atom is 0.269 e. The van der Waals surface area contributed by atoms with Crippen molar-refractivity contribution >= 4 is 35.6 Å². The van der Waals surface area contributed by atoms with E-state index < -0.39 is 0 Å². The molecule has 3 aromatic rings. The topological polar surface area (TPSA) is 97.9 Å². The summed E-state index contributed by atoms with van der Waals surface area (Å²) in [5.41, 5.74) is 0. The summed E-state index contributed by atoms with van der Waals surface area (Å²) >= 11 is 1.28. The van der Waals surface area contributed by atoms with Gasteiger partial charge in [0.25, 0.3) is 5.91 Å². The van der Waals surface area contributed by atoms with Gasteiger partial charge in [0.05, 0.1) is 12.5 Å². The predicted molar refractivity (Wildman–Crippen MR) is 101 cm³/mol. The van der Waals surface area contributed by atoms with E-state index in [4.69, 9.17) is 4.42 Å². The van der Waals surface area contributed by atoms with Crippen LogP contribution < -0.4 is 10.6 Å². The molecule has 26 heavy (non-hydrogen) atoms. The Bertz CT molecular complexity index is 869. The first-order valence-corrected chi connectivity index (χ1v) is 8.95. The SMILES string of the molecule is Cl.Cn1nc(C2CCNCC2)nc1NC(=O)c1cnc(-c2ccco2)s1. The fourth-order valence-electron chi connectivity index (χ4n) is 2.82. The van der Waals surface area contributed by atoms with Gasteiger partial charge >= 0.3 is 0 Å². The fraction of sp³-hybridized carbons (Fsp3) is 0.375. The van der Waals surface area contributed by atoms with Gasteiger partial charge in [0.15, 0.2) is 16.6 Å². The zero-order chi connectivity index (χ0) is 17.2. The number of nitrogens with zero attached hydrogens (tertiary/aromatic N) is 4. The van der Waals surface area contributed by atoms with E-state index in [2.05, 4.69) is 25.7 Å². The number of piperidine rings is 1. The molecule has 1 fully saturated rings. The third-order valence-electron chi connectivity index (χ3n) is 4.17. The molecule has 0 atom stereocenters. The van der Waals surface area contributed by atoms with Gasteiger partial charge in [-0.1, -0.05) is 0 Å². The number of nitrogens with one attached hydrogen (secondary N) is 2.